The number of hydrogen-bond donors (Lipinski definition) is 2. The van der Waals surface area contributed by atoms with Crippen LogP contribution in [-0.2, 0) is 47.6 Å². The first kappa shape index (κ1) is 42.0. The van der Waals surface area contributed by atoms with E-state index in [1.54, 1.807) is 51.1 Å². The molecule has 0 aromatic heterocycles. The fraction of sp³-hybridized carbons (Fsp3) is 0.447. The van der Waals surface area contributed by atoms with Crippen molar-refractivity contribution >= 4 is 35.6 Å². The molecule has 2 aliphatic heterocycles. The number of aliphatic hydroxyl groups excluding tert-OH is 1. The zero-order chi connectivity index (χ0) is 43.6. The number of esters is 4. The van der Waals surface area contributed by atoms with Crippen molar-refractivity contribution in [1.29, 1.82) is 0 Å². The number of nitrogens with zero attached hydrogens (tertiary/aromatic N) is 1. The van der Waals surface area contributed by atoms with E-state index in [9.17, 15) is 29.4 Å². The number of benzene rings is 3. The lowest BCUT2D eigenvalue weighted by molar-refractivity contribution is -0.346. The van der Waals surface area contributed by atoms with Gasteiger partial charge in [0.2, 0.25) is 12.0 Å². The van der Waals surface area contributed by atoms with Crippen LogP contribution in [0.25, 0.3) is 0 Å². The molecule has 2 heterocycles. The lowest BCUT2D eigenvalue weighted by atomic mass is 9.44. The Morgan fingerprint density at radius 1 is 0.836 bits per heavy atom. The number of carbonyl (C=O) groups is 5. The third kappa shape index (κ3) is 6.66. The van der Waals surface area contributed by atoms with Crippen LogP contribution in [0.1, 0.15) is 81.9 Å². The minimum atomic E-state index is -2.30. The van der Waals surface area contributed by atoms with Gasteiger partial charge in [-0.15, -0.1) is 0 Å². The Morgan fingerprint density at radius 3 is 2.05 bits per heavy atom. The molecule has 0 radical (unpaired) electrons. The molecular formula is C47H49NO13. The fourth-order valence-corrected chi connectivity index (χ4v) is 10.4. The van der Waals surface area contributed by atoms with Crippen molar-refractivity contribution in [3.8, 4) is 0 Å². The van der Waals surface area contributed by atoms with Crippen LogP contribution in [0.3, 0.4) is 0 Å². The van der Waals surface area contributed by atoms with Crippen LogP contribution in [0.5, 0.6) is 0 Å². The Kier molecular flexibility index (Phi) is 10.6. The largest absolute Gasteiger partial charge is 0.459 e. The van der Waals surface area contributed by atoms with Gasteiger partial charge in [-0.3, -0.25) is 14.4 Å². The zero-order valence-electron chi connectivity index (χ0n) is 34.7. The molecule has 2 saturated carbocycles. The van der Waals surface area contributed by atoms with Crippen LogP contribution in [0, 0.1) is 16.7 Å². The van der Waals surface area contributed by atoms with Crippen molar-refractivity contribution in [3.05, 3.63) is 119 Å². The molecule has 61 heavy (non-hydrogen) atoms. The summed E-state index contributed by atoms with van der Waals surface area (Å²) in [7, 11) is 0. The van der Waals surface area contributed by atoms with Gasteiger partial charge in [0.1, 0.15) is 30.0 Å². The lowest BCUT2D eigenvalue weighted by Crippen LogP contribution is -2.82. The minimum Gasteiger partial charge on any atom is -0.459 e. The van der Waals surface area contributed by atoms with Gasteiger partial charge < -0.3 is 38.6 Å². The number of hydrogen-bond acceptors (Lipinski definition) is 14. The van der Waals surface area contributed by atoms with E-state index >= 15 is 4.79 Å². The molecule has 320 valence electrons. The van der Waals surface area contributed by atoms with Crippen molar-refractivity contribution in [2.45, 2.75) is 108 Å². The smallest absolute Gasteiger partial charge is 0.350 e. The molecule has 1 saturated heterocycles. The normalized spacial score (nSPS) is 34.8. The SMILES string of the molecule is CC(=O)O[C@H]1C(=O)[C@@]2(C)[C@H]([C@H](OC(=O)c3ccccc3)[C@]3(O)C[C@H](OC(=O)[C@@H]4OC(c5ccccc5)=N[C@H]4c4ccccc4)C(C)=C1C3(C)C)[C@]1(OC(C)=O)CO[C@@H]1C[C@@H]2O. The lowest BCUT2D eigenvalue weighted by Gasteiger charge is -2.67. The quantitative estimate of drug-likeness (QED) is 0.179. The summed E-state index contributed by atoms with van der Waals surface area (Å²) in [6.45, 7) is 8.36. The summed E-state index contributed by atoms with van der Waals surface area (Å²) in [5.41, 5.74) is -5.80. The predicted molar refractivity (Wildman–Crippen MR) is 216 cm³/mol. The van der Waals surface area contributed by atoms with Crippen LogP contribution in [-0.4, -0.2) is 100 Å². The minimum absolute atomic E-state index is 0.0913. The molecule has 2 N–H and O–H groups in total. The van der Waals surface area contributed by atoms with E-state index in [0.717, 1.165) is 6.92 Å². The average molecular weight is 836 g/mol. The summed E-state index contributed by atoms with van der Waals surface area (Å²) in [5, 5.41) is 25.8. The van der Waals surface area contributed by atoms with Gasteiger partial charge in [-0.05, 0) is 54.8 Å². The average Bonchev–Trinajstić information content (AvgIpc) is 3.69. The molecule has 3 aliphatic carbocycles. The molecule has 2 bridgehead atoms. The van der Waals surface area contributed by atoms with E-state index in [0.29, 0.717) is 16.7 Å². The number of carbonyl (C=O) groups excluding carboxylic acids is 5. The maximum Gasteiger partial charge on any atom is 0.350 e. The summed E-state index contributed by atoms with van der Waals surface area (Å²) in [5.74, 6) is -5.38. The van der Waals surface area contributed by atoms with Gasteiger partial charge >= 0.3 is 23.9 Å². The standard InChI is InChI=1S/C47H49NO13/c1-25-31(58-43(54)37-35(28-16-10-7-11-17-28)48-41(59-37)29-18-12-8-13-19-29)23-47(55)40(60-42(53)30-20-14-9-15-21-30)38-45(6,32(51)22-33-46(38,24-56-33)61-27(3)50)39(52)36(57-26(2)49)34(25)44(47,4)5/h7-21,31-33,35-38,40,51,55H,22-24H2,1-6H3/t31-,32-,33+,35-,36+,37+,38-,40-,45+,46-,47+/m0/s1. The third-order valence-corrected chi connectivity index (χ3v) is 13.6. The second-order valence-electron chi connectivity index (χ2n) is 17.4. The van der Waals surface area contributed by atoms with Gasteiger partial charge in [0.05, 0.1) is 29.6 Å². The van der Waals surface area contributed by atoms with Crippen LogP contribution >= 0.6 is 0 Å². The first-order valence-electron chi connectivity index (χ1n) is 20.4. The molecule has 3 aromatic carbocycles. The van der Waals surface area contributed by atoms with Gasteiger partial charge in [0, 0.05) is 37.7 Å². The monoisotopic (exact) mass is 835 g/mol. The van der Waals surface area contributed by atoms with Gasteiger partial charge in [0.25, 0.3) is 0 Å². The van der Waals surface area contributed by atoms with Crippen molar-refractivity contribution in [3.63, 3.8) is 0 Å². The molecule has 14 nitrogen and oxygen atoms in total. The third-order valence-electron chi connectivity index (χ3n) is 13.6. The Labute approximate surface area is 352 Å². The highest BCUT2D eigenvalue weighted by Crippen LogP contribution is 2.64. The summed E-state index contributed by atoms with van der Waals surface area (Å²) >= 11 is 0. The molecule has 5 aliphatic rings. The maximum atomic E-state index is 15.5. The Morgan fingerprint density at radius 2 is 1.46 bits per heavy atom. The Bertz CT molecular complexity index is 2310. The summed E-state index contributed by atoms with van der Waals surface area (Å²) in [6.07, 6.45) is -9.21. The molecule has 3 fully saturated rings. The second-order valence-corrected chi connectivity index (χ2v) is 17.4. The number of aliphatic imine (C=N–C) groups is 1. The Hall–Kier alpha value is -5.70. The van der Waals surface area contributed by atoms with Crippen LogP contribution in [0.15, 0.2) is 107 Å². The fourth-order valence-electron chi connectivity index (χ4n) is 10.4. The zero-order valence-corrected chi connectivity index (χ0v) is 34.7. The number of ketones is 1. The van der Waals surface area contributed by atoms with Crippen molar-refractivity contribution in [1.82, 2.24) is 0 Å². The second kappa shape index (κ2) is 15.3. The number of fused-ring (bicyclic) bond motifs is 5. The van der Waals surface area contributed by atoms with Gasteiger partial charge in [-0.2, -0.15) is 0 Å². The van der Waals surface area contributed by atoms with Crippen LogP contribution < -0.4 is 0 Å². The molecule has 8 rings (SSSR count). The summed E-state index contributed by atoms with van der Waals surface area (Å²) < 4.78 is 37.0. The number of aliphatic hydroxyl groups is 2. The van der Waals surface area contributed by atoms with E-state index in [1.165, 1.54) is 26.0 Å². The van der Waals surface area contributed by atoms with E-state index in [2.05, 4.69) is 0 Å². The van der Waals surface area contributed by atoms with E-state index < -0.39 is 107 Å². The van der Waals surface area contributed by atoms with Crippen molar-refractivity contribution in [2.24, 2.45) is 21.7 Å². The van der Waals surface area contributed by atoms with Crippen molar-refractivity contribution in [2.75, 3.05) is 6.61 Å². The van der Waals surface area contributed by atoms with E-state index in [4.69, 9.17) is 33.4 Å². The Balaban J connectivity index is 1.29. The summed E-state index contributed by atoms with van der Waals surface area (Å²) in [4.78, 5) is 75.3. The summed E-state index contributed by atoms with van der Waals surface area (Å²) in [6, 6.07) is 25.3. The molecule has 3 aromatic rings. The molecule has 0 unspecified atom stereocenters. The van der Waals surface area contributed by atoms with Crippen molar-refractivity contribution < 1.29 is 62.6 Å². The van der Waals surface area contributed by atoms with Gasteiger partial charge in [0.15, 0.2) is 17.5 Å². The van der Waals surface area contributed by atoms with Crippen LogP contribution in [0.4, 0.5) is 0 Å². The molecule has 11 atom stereocenters. The van der Waals surface area contributed by atoms with E-state index in [1.807, 2.05) is 48.5 Å². The first-order chi connectivity index (χ1) is 28.9. The highest BCUT2D eigenvalue weighted by molar-refractivity contribution is 5.98. The molecular weight excluding hydrogens is 787 g/mol. The highest BCUT2D eigenvalue weighted by atomic mass is 16.6. The molecule has 0 amide bonds. The van der Waals surface area contributed by atoms with Crippen LogP contribution in [0.2, 0.25) is 0 Å². The van der Waals surface area contributed by atoms with Gasteiger partial charge in [-0.1, -0.05) is 80.6 Å². The first-order valence-corrected chi connectivity index (χ1v) is 20.4. The number of ether oxygens (including phenoxy) is 6. The number of rotatable bonds is 8. The topological polar surface area (TPSA) is 194 Å². The van der Waals surface area contributed by atoms with E-state index in [-0.39, 0.29) is 30.1 Å². The highest BCUT2D eigenvalue weighted by Gasteiger charge is 2.78. The molecule has 14 heteroatoms. The molecule has 0 spiro atoms. The van der Waals surface area contributed by atoms with Gasteiger partial charge in [-0.25, -0.2) is 14.6 Å². The maximum absolute atomic E-state index is 15.5. The number of Topliss-reactive ketones (excluding diaryl/α,β-unsaturated/α-hetero) is 1. The predicted octanol–water partition coefficient (Wildman–Crippen LogP) is 4.79.